The van der Waals surface area contributed by atoms with Crippen molar-refractivity contribution in [1.82, 2.24) is 4.31 Å². The number of carbonyl (C=O) groups is 1. The molecule has 0 saturated carbocycles. The van der Waals surface area contributed by atoms with Gasteiger partial charge < -0.3 is 0 Å². The summed E-state index contributed by atoms with van der Waals surface area (Å²) in [5, 5.41) is 0. The normalized spacial score (nSPS) is 21.3. The van der Waals surface area contributed by atoms with Crippen molar-refractivity contribution in [3.05, 3.63) is 101 Å². The zero-order valence-corrected chi connectivity index (χ0v) is 16.6. The van der Waals surface area contributed by atoms with E-state index in [1.807, 2.05) is 56.3 Å². The van der Waals surface area contributed by atoms with Crippen LogP contribution in [0.15, 0.2) is 83.8 Å². The first-order chi connectivity index (χ1) is 13.4. The summed E-state index contributed by atoms with van der Waals surface area (Å²) in [4.78, 5) is 13.3. The minimum absolute atomic E-state index is 0.176. The average Bonchev–Trinajstić information content (AvgIpc) is 3.46. The minimum atomic E-state index is -3.78. The van der Waals surface area contributed by atoms with Crippen LogP contribution in [0.2, 0.25) is 0 Å². The summed E-state index contributed by atoms with van der Waals surface area (Å²) in [5.74, 6) is -0.176. The van der Waals surface area contributed by atoms with Gasteiger partial charge in [0, 0.05) is 5.56 Å². The highest BCUT2D eigenvalue weighted by Crippen LogP contribution is 2.49. The van der Waals surface area contributed by atoms with Gasteiger partial charge in [-0.25, -0.2) is 8.42 Å². The quantitative estimate of drug-likeness (QED) is 0.481. The minimum Gasteiger partial charge on any atom is -0.292 e. The highest BCUT2D eigenvalue weighted by atomic mass is 32.2. The fourth-order valence-corrected chi connectivity index (χ4v) is 5.18. The van der Waals surface area contributed by atoms with E-state index < -0.39 is 22.1 Å². The molecule has 0 N–H and O–H groups in total. The summed E-state index contributed by atoms with van der Waals surface area (Å²) < 4.78 is 27.9. The molecular formula is C23H21NO3S. The third kappa shape index (κ3) is 3.28. The van der Waals surface area contributed by atoms with Gasteiger partial charge in [0.2, 0.25) is 10.0 Å². The second-order valence-electron chi connectivity index (χ2n) is 7.18. The number of nitrogens with zero attached hydrogens (tertiary/aromatic N) is 1. The first-order valence-electron chi connectivity index (χ1n) is 9.15. The number of hydrogen-bond donors (Lipinski definition) is 0. The molecule has 1 saturated heterocycles. The van der Waals surface area contributed by atoms with E-state index in [2.05, 4.69) is 0 Å². The lowest BCUT2D eigenvalue weighted by molar-refractivity contribution is 0.0981. The Balaban J connectivity index is 1.74. The van der Waals surface area contributed by atoms with Crippen LogP contribution >= 0.6 is 0 Å². The van der Waals surface area contributed by atoms with Gasteiger partial charge in [0.05, 0.1) is 10.9 Å². The maximum Gasteiger partial charge on any atom is 0.244 e. The molecule has 1 fully saturated rings. The molecule has 4 rings (SSSR count). The Kier molecular flexibility index (Phi) is 4.65. The average molecular weight is 391 g/mol. The van der Waals surface area contributed by atoms with E-state index in [1.54, 1.807) is 36.4 Å². The summed E-state index contributed by atoms with van der Waals surface area (Å²) in [5.41, 5.74) is 3.38. The largest absolute Gasteiger partial charge is 0.292 e. The summed E-state index contributed by atoms with van der Waals surface area (Å²) in [6.45, 7) is 3.86. The molecule has 28 heavy (non-hydrogen) atoms. The van der Waals surface area contributed by atoms with Gasteiger partial charge in [0.25, 0.3) is 0 Å². The predicted octanol–water partition coefficient (Wildman–Crippen LogP) is 4.30. The van der Waals surface area contributed by atoms with Crippen LogP contribution in [0.25, 0.3) is 0 Å². The first-order valence-corrected chi connectivity index (χ1v) is 10.6. The van der Waals surface area contributed by atoms with Crippen LogP contribution < -0.4 is 0 Å². The van der Waals surface area contributed by atoms with Gasteiger partial charge in [-0.3, -0.25) is 4.79 Å². The maximum atomic E-state index is 13.3. The van der Waals surface area contributed by atoms with E-state index in [1.165, 1.54) is 4.31 Å². The molecule has 0 spiro atoms. The van der Waals surface area contributed by atoms with Crippen molar-refractivity contribution < 1.29 is 13.2 Å². The lowest BCUT2D eigenvalue weighted by Gasteiger charge is -2.07. The van der Waals surface area contributed by atoms with Gasteiger partial charge in [0.1, 0.15) is 6.04 Å². The molecule has 0 aromatic heterocycles. The molecule has 5 heteroatoms. The number of benzene rings is 3. The number of aryl methyl sites for hydroxylation is 2. The molecule has 0 aliphatic carbocycles. The fourth-order valence-electron chi connectivity index (χ4n) is 3.47. The Morgan fingerprint density at radius 2 is 1.32 bits per heavy atom. The van der Waals surface area contributed by atoms with Crippen molar-refractivity contribution in [1.29, 1.82) is 0 Å². The van der Waals surface area contributed by atoms with E-state index in [4.69, 9.17) is 0 Å². The van der Waals surface area contributed by atoms with Crippen LogP contribution in [0.4, 0.5) is 0 Å². The molecule has 3 aromatic carbocycles. The zero-order valence-electron chi connectivity index (χ0n) is 15.7. The van der Waals surface area contributed by atoms with Crippen molar-refractivity contribution in [2.45, 2.75) is 30.8 Å². The van der Waals surface area contributed by atoms with Gasteiger partial charge in [-0.05, 0) is 31.5 Å². The second-order valence-corrected chi connectivity index (χ2v) is 9.02. The van der Waals surface area contributed by atoms with Gasteiger partial charge in [-0.15, -0.1) is 0 Å². The van der Waals surface area contributed by atoms with E-state index >= 15 is 0 Å². The third-order valence-corrected chi connectivity index (χ3v) is 6.98. The second kappa shape index (κ2) is 7.00. The van der Waals surface area contributed by atoms with Gasteiger partial charge in [-0.1, -0.05) is 77.9 Å². The number of ketones is 1. The highest BCUT2D eigenvalue weighted by molar-refractivity contribution is 7.89. The molecule has 1 heterocycles. The predicted molar refractivity (Wildman–Crippen MR) is 109 cm³/mol. The Morgan fingerprint density at radius 1 is 0.786 bits per heavy atom. The monoisotopic (exact) mass is 391 g/mol. The number of sulfonamides is 1. The number of carbonyl (C=O) groups excluding carboxylic acids is 1. The Morgan fingerprint density at radius 3 is 1.89 bits per heavy atom. The van der Waals surface area contributed by atoms with E-state index in [-0.39, 0.29) is 10.7 Å². The molecule has 0 radical (unpaired) electrons. The fraction of sp³-hybridized carbons (Fsp3) is 0.174. The van der Waals surface area contributed by atoms with Crippen LogP contribution in [-0.2, 0) is 10.0 Å². The lowest BCUT2D eigenvalue weighted by atomic mass is 10.0. The molecule has 3 atom stereocenters. The molecule has 1 aliphatic rings. The molecule has 4 nitrogen and oxygen atoms in total. The molecule has 142 valence electrons. The first kappa shape index (κ1) is 18.6. The Hall–Kier alpha value is -2.76. The van der Waals surface area contributed by atoms with Crippen LogP contribution in [0.5, 0.6) is 0 Å². The summed E-state index contributed by atoms with van der Waals surface area (Å²) >= 11 is 0. The molecule has 3 aromatic rings. The van der Waals surface area contributed by atoms with Crippen molar-refractivity contribution in [2.24, 2.45) is 0 Å². The lowest BCUT2D eigenvalue weighted by Crippen LogP contribution is -2.19. The van der Waals surface area contributed by atoms with Crippen LogP contribution in [0.3, 0.4) is 0 Å². The van der Waals surface area contributed by atoms with E-state index in [0.717, 1.165) is 16.7 Å². The third-order valence-electron chi connectivity index (χ3n) is 5.10. The highest BCUT2D eigenvalue weighted by Gasteiger charge is 2.60. The van der Waals surface area contributed by atoms with Crippen molar-refractivity contribution in [2.75, 3.05) is 0 Å². The SMILES string of the molecule is Cc1ccc(C(=O)[C@H]2[C@H](c3ccccc3)N2S(=O)(=O)c2ccc(C)cc2)cc1. The van der Waals surface area contributed by atoms with Gasteiger partial charge >= 0.3 is 0 Å². The number of rotatable bonds is 5. The Labute approximate surface area is 165 Å². The molecular weight excluding hydrogens is 370 g/mol. The van der Waals surface area contributed by atoms with E-state index in [9.17, 15) is 13.2 Å². The van der Waals surface area contributed by atoms with Crippen molar-refractivity contribution >= 4 is 15.8 Å². The van der Waals surface area contributed by atoms with Crippen LogP contribution in [0.1, 0.15) is 33.1 Å². The van der Waals surface area contributed by atoms with Gasteiger partial charge in [0.15, 0.2) is 5.78 Å². The Bertz CT molecular complexity index is 1100. The van der Waals surface area contributed by atoms with E-state index in [0.29, 0.717) is 5.56 Å². The number of hydrogen-bond acceptors (Lipinski definition) is 3. The zero-order chi connectivity index (χ0) is 19.9. The van der Waals surface area contributed by atoms with Gasteiger partial charge in [-0.2, -0.15) is 4.31 Å². The standard InChI is InChI=1S/C23H21NO3S/c1-16-8-12-19(13-9-16)23(25)22-21(18-6-4-3-5-7-18)24(22)28(26,27)20-14-10-17(2)11-15-20/h3-15,21-22H,1-2H3/t21-,22+,24?/m0/s1. The smallest absolute Gasteiger partial charge is 0.244 e. The molecule has 1 aliphatic heterocycles. The van der Waals surface area contributed by atoms with Crippen LogP contribution in [0, 0.1) is 13.8 Å². The topological polar surface area (TPSA) is 54.2 Å². The van der Waals surface area contributed by atoms with Crippen molar-refractivity contribution in [3.8, 4) is 0 Å². The summed E-state index contributed by atoms with van der Waals surface area (Å²) in [6, 6.07) is 22.1. The van der Waals surface area contributed by atoms with Crippen LogP contribution in [-0.4, -0.2) is 24.5 Å². The summed E-state index contributed by atoms with van der Waals surface area (Å²) in [7, 11) is -3.78. The number of Topliss-reactive ketones (excluding diaryl/α,β-unsaturated/α-hetero) is 1. The summed E-state index contributed by atoms with van der Waals surface area (Å²) in [6.07, 6.45) is 0. The molecule has 0 amide bonds. The molecule has 1 unspecified atom stereocenters. The van der Waals surface area contributed by atoms with Crippen molar-refractivity contribution in [3.63, 3.8) is 0 Å². The molecule has 0 bridgehead atoms. The maximum absolute atomic E-state index is 13.3.